The highest BCUT2D eigenvalue weighted by Crippen LogP contribution is 2.18. The Bertz CT molecular complexity index is 754. The summed E-state index contributed by atoms with van der Waals surface area (Å²) in [5.74, 6) is -0.436. The van der Waals surface area contributed by atoms with E-state index in [0.29, 0.717) is 24.3 Å². The highest BCUT2D eigenvalue weighted by atomic mass is 19.1. The van der Waals surface area contributed by atoms with Crippen molar-refractivity contribution in [2.75, 3.05) is 0 Å². The maximum Gasteiger partial charge on any atom is 0.363 e. The Kier molecular flexibility index (Phi) is 4.05. The molecule has 0 atom stereocenters. The van der Waals surface area contributed by atoms with E-state index in [1.54, 1.807) is 48.8 Å². The Morgan fingerprint density at radius 3 is 2.64 bits per heavy atom. The molecule has 0 bridgehead atoms. The number of pyridine rings is 1. The minimum atomic E-state index is -0.486. The summed E-state index contributed by atoms with van der Waals surface area (Å²) < 4.78 is 18.7. The van der Waals surface area contributed by atoms with Crippen molar-refractivity contribution in [3.05, 3.63) is 71.4 Å². The van der Waals surface area contributed by atoms with Crippen LogP contribution in [0.5, 0.6) is 0 Å². The summed E-state index contributed by atoms with van der Waals surface area (Å²) in [5.41, 5.74) is 1.64. The molecule has 2 aromatic rings. The molecule has 0 saturated carbocycles. The van der Waals surface area contributed by atoms with E-state index in [-0.39, 0.29) is 11.5 Å². The van der Waals surface area contributed by atoms with Gasteiger partial charge in [0.2, 0.25) is 0 Å². The van der Waals surface area contributed by atoms with Crippen LogP contribution in [0.2, 0.25) is 0 Å². The minimum Gasteiger partial charge on any atom is -0.407 e. The molecule has 110 valence electrons. The Morgan fingerprint density at radius 2 is 1.86 bits per heavy atom. The van der Waals surface area contributed by atoms with Gasteiger partial charge in [0.15, 0.2) is 11.6 Å². The second-order valence-corrected chi connectivity index (χ2v) is 4.80. The number of benzene rings is 1. The van der Waals surface area contributed by atoms with Gasteiger partial charge in [0.25, 0.3) is 0 Å². The number of hydrogen-bond donors (Lipinski definition) is 0. The highest BCUT2D eigenvalue weighted by molar-refractivity contribution is 6.07. The molecule has 1 aliphatic rings. The molecule has 5 heteroatoms. The first-order chi connectivity index (χ1) is 10.7. The lowest BCUT2D eigenvalue weighted by atomic mass is 10.1. The average molecular weight is 296 g/mol. The summed E-state index contributed by atoms with van der Waals surface area (Å²) in [5, 5.41) is 0. The lowest BCUT2D eigenvalue weighted by molar-refractivity contribution is -0.130. The number of nitrogens with zero attached hydrogens (tertiary/aromatic N) is 2. The normalized spacial score (nSPS) is 15.8. The number of aryl methyl sites for hydroxylation is 1. The van der Waals surface area contributed by atoms with Crippen LogP contribution in [-0.2, 0) is 16.0 Å². The number of ether oxygens (including phenoxy) is 1. The number of hydrogen-bond acceptors (Lipinski definition) is 4. The fraction of sp³-hybridized carbons (Fsp3) is 0.118. The molecule has 0 radical (unpaired) electrons. The Morgan fingerprint density at radius 1 is 1.09 bits per heavy atom. The fourth-order valence-electron chi connectivity index (χ4n) is 2.12. The monoisotopic (exact) mass is 296 g/mol. The van der Waals surface area contributed by atoms with Crippen molar-refractivity contribution in [3.8, 4) is 0 Å². The van der Waals surface area contributed by atoms with Crippen molar-refractivity contribution in [2.45, 2.75) is 12.8 Å². The van der Waals surface area contributed by atoms with Crippen molar-refractivity contribution in [3.63, 3.8) is 0 Å². The van der Waals surface area contributed by atoms with E-state index in [0.717, 1.165) is 5.56 Å². The summed E-state index contributed by atoms with van der Waals surface area (Å²) in [4.78, 5) is 19.9. The van der Waals surface area contributed by atoms with Gasteiger partial charge < -0.3 is 4.74 Å². The molecule has 0 unspecified atom stereocenters. The topological polar surface area (TPSA) is 51.5 Å². The number of cyclic esters (lactones) is 1. The lowest BCUT2D eigenvalue weighted by Gasteiger charge is -2.01. The number of esters is 1. The van der Waals surface area contributed by atoms with Gasteiger partial charge in [-0.05, 0) is 41.8 Å². The van der Waals surface area contributed by atoms with E-state index < -0.39 is 5.97 Å². The number of halogens is 1. The molecular formula is C17H13FN2O2. The number of aliphatic imine (C=N–C) groups is 1. The standard InChI is InChI=1S/C17H13FN2O2/c18-14-4-2-1-3-13(14)5-6-16-20-15(17(21)22-16)11-12-7-9-19-10-8-12/h1-4,7-11H,5-6H2/b15-11+. The molecule has 4 nitrogen and oxygen atoms in total. The third-order valence-corrected chi connectivity index (χ3v) is 3.24. The first-order valence-corrected chi connectivity index (χ1v) is 6.87. The molecule has 1 aromatic carbocycles. The number of carbonyl (C=O) groups excluding carboxylic acids is 1. The summed E-state index contributed by atoms with van der Waals surface area (Å²) >= 11 is 0. The van der Waals surface area contributed by atoms with Crippen molar-refractivity contribution >= 4 is 17.9 Å². The van der Waals surface area contributed by atoms with Crippen LogP contribution >= 0.6 is 0 Å². The molecule has 0 N–H and O–H groups in total. The summed E-state index contributed by atoms with van der Waals surface area (Å²) in [6, 6.07) is 10.1. The van der Waals surface area contributed by atoms with Crippen molar-refractivity contribution < 1.29 is 13.9 Å². The maximum absolute atomic E-state index is 13.5. The van der Waals surface area contributed by atoms with Crippen LogP contribution in [0.25, 0.3) is 6.08 Å². The molecule has 3 rings (SSSR count). The Hall–Kier alpha value is -2.82. The van der Waals surface area contributed by atoms with Crippen LogP contribution < -0.4 is 0 Å². The smallest absolute Gasteiger partial charge is 0.363 e. The minimum absolute atomic E-state index is 0.245. The van der Waals surface area contributed by atoms with Gasteiger partial charge >= 0.3 is 5.97 Å². The Balaban J connectivity index is 1.71. The number of carbonyl (C=O) groups is 1. The van der Waals surface area contributed by atoms with Gasteiger partial charge in [-0.3, -0.25) is 4.98 Å². The quantitative estimate of drug-likeness (QED) is 0.643. The number of rotatable bonds is 4. The van der Waals surface area contributed by atoms with Gasteiger partial charge in [-0.25, -0.2) is 14.2 Å². The average Bonchev–Trinajstić information content (AvgIpc) is 2.88. The predicted molar refractivity (Wildman–Crippen MR) is 80.5 cm³/mol. The van der Waals surface area contributed by atoms with Gasteiger partial charge in [0, 0.05) is 18.8 Å². The summed E-state index contributed by atoms with van der Waals surface area (Å²) in [7, 11) is 0. The molecule has 0 fully saturated rings. The molecule has 0 spiro atoms. The number of aromatic nitrogens is 1. The predicted octanol–water partition coefficient (Wildman–Crippen LogP) is 3.15. The molecular weight excluding hydrogens is 283 g/mol. The molecule has 0 saturated heterocycles. The van der Waals surface area contributed by atoms with E-state index in [1.807, 2.05) is 0 Å². The van der Waals surface area contributed by atoms with Crippen LogP contribution in [0, 0.1) is 5.82 Å². The SMILES string of the molecule is O=C1OC(CCc2ccccc2F)=N/C1=C/c1ccncc1. The van der Waals surface area contributed by atoms with Crippen LogP contribution in [-0.4, -0.2) is 16.9 Å². The van der Waals surface area contributed by atoms with E-state index in [9.17, 15) is 9.18 Å². The third-order valence-electron chi connectivity index (χ3n) is 3.24. The van der Waals surface area contributed by atoms with Crippen LogP contribution in [0.4, 0.5) is 4.39 Å². The van der Waals surface area contributed by atoms with E-state index in [1.165, 1.54) is 6.07 Å². The fourth-order valence-corrected chi connectivity index (χ4v) is 2.12. The van der Waals surface area contributed by atoms with Gasteiger partial charge in [-0.2, -0.15) is 0 Å². The van der Waals surface area contributed by atoms with Crippen LogP contribution in [0.3, 0.4) is 0 Å². The maximum atomic E-state index is 13.5. The second kappa shape index (κ2) is 6.30. The zero-order valence-electron chi connectivity index (χ0n) is 11.7. The van der Waals surface area contributed by atoms with E-state index in [2.05, 4.69) is 9.98 Å². The first-order valence-electron chi connectivity index (χ1n) is 6.87. The summed E-state index contributed by atoms with van der Waals surface area (Å²) in [6.07, 6.45) is 5.72. The van der Waals surface area contributed by atoms with E-state index in [4.69, 9.17) is 4.74 Å². The van der Waals surface area contributed by atoms with Crippen molar-refractivity contribution in [2.24, 2.45) is 4.99 Å². The first kappa shape index (κ1) is 14.1. The van der Waals surface area contributed by atoms with Gasteiger partial charge in [0.05, 0.1) is 0 Å². The van der Waals surface area contributed by atoms with Gasteiger partial charge in [-0.1, -0.05) is 18.2 Å². The summed E-state index contributed by atoms with van der Waals surface area (Å²) in [6.45, 7) is 0. The Labute approximate surface area is 127 Å². The molecule has 2 heterocycles. The van der Waals surface area contributed by atoms with Crippen molar-refractivity contribution in [1.82, 2.24) is 4.98 Å². The molecule has 1 aromatic heterocycles. The van der Waals surface area contributed by atoms with Gasteiger partial charge in [0.1, 0.15) is 5.82 Å². The largest absolute Gasteiger partial charge is 0.407 e. The lowest BCUT2D eigenvalue weighted by Crippen LogP contribution is -2.05. The molecule has 1 aliphatic heterocycles. The third kappa shape index (κ3) is 3.25. The zero-order chi connectivity index (χ0) is 15.4. The van der Waals surface area contributed by atoms with Crippen LogP contribution in [0.1, 0.15) is 17.5 Å². The van der Waals surface area contributed by atoms with E-state index >= 15 is 0 Å². The molecule has 0 aliphatic carbocycles. The van der Waals surface area contributed by atoms with Gasteiger partial charge in [-0.15, -0.1) is 0 Å². The zero-order valence-corrected chi connectivity index (χ0v) is 11.7. The van der Waals surface area contributed by atoms with Crippen LogP contribution in [0.15, 0.2) is 59.5 Å². The second-order valence-electron chi connectivity index (χ2n) is 4.80. The highest BCUT2D eigenvalue weighted by Gasteiger charge is 2.22. The molecule has 22 heavy (non-hydrogen) atoms. The molecule has 0 amide bonds. The van der Waals surface area contributed by atoms with Crippen molar-refractivity contribution in [1.29, 1.82) is 0 Å².